The van der Waals surface area contributed by atoms with E-state index >= 15 is 0 Å². The first-order valence-corrected chi connectivity index (χ1v) is 8.84. The summed E-state index contributed by atoms with van der Waals surface area (Å²) in [5, 5.41) is 0. The predicted octanol–water partition coefficient (Wildman–Crippen LogP) is 1.54. The molecule has 0 bridgehead atoms. The third-order valence-electron chi connectivity index (χ3n) is 4.92. The largest absolute Gasteiger partial charge is 0.376 e. The lowest BCUT2D eigenvalue weighted by atomic mass is 10.1. The van der Waals surface area contributed by atoms with Crippen LogP contribution in [-0.4, -0.2) is 71.3 Å². The Morgan fingerprint density at radius 3 is 2.73 bits per heavy atom. The van der Waals surface area contributed by atoms with Crippen molar-refractivity contribution in [1.82, 2.24) is 19.4 Å². The Morgan fingerprint density at radius 1 is 1.14 bits per heavy atom. The fraction of sp³-hybridized carbons (Fsp3) is 0.824. The minimum absolute atomic E-state index is 0.377. The number of likely N-dealkylation sites (tertiary alicyclic amines) is 1. The zero-order valence-electron chi connectivity index (χ0n) is 13.9. The molecule has 1 aromatic heterocycles. The van der Waals surface area contributed by atoms with E-state index in [0.29, 0.717) is 6.10 Å². The van der Waals surface area contributed by atoms with Crippen LogP contribution in [0.3, 0.4) is 0 Å². The van der Waals surface area contributed by atoms with Crippen molar-refractivity contribution in [3.63, 3.8) is 0 Å². The van der Waals surface area contributed by atoms with Gasteiger partial charge < -0.3 is 19.1 Å². The summed E-state index contributed by atoms with van der Waals surface area (Å²) in [5.41, 5.74) is 0. The number of rotatable bonds is 5. The molecule has 0 amide bonds. The first kappa shape index (κ1) is 16.0. The molecular weight excluding hydrogens is 276 g/mol. The smallest absolute Gasteiger partial charge is 0.109 e. The predicted molar refractivity (Wildman–Crippen MR) is 88.0 cm³/mol. The van der Waals surface area contributed by atoms with E-state index in [1.807, 2.05) is 12.4 Å². The van der Waals surface area contributed by atoms with Gasteiger partial charge in [-0.2, -0.15) is 0 Å². The topological polar surface area (TPSA) is 33.5 Å². The molecule has 2 aliphatic rings. The number of aryl methyl sites for hydroxylation is 1. The highest BCUT2D eigenvalue weighted by Gasteiger charge is 2.22. The summed E-state index contributed by atoms with van der Waals surface area (Å²) in [6.07, 6.45) is 10.6. The monoisotopic (exact) mass is 306 g/mol. The molecule has 0 N–H and O–H groups in total. The van der Waals surface area contributed by atoms with Crippen molar-refractivity contribution in [3.05, 3.63) is 18.2 Å². The SMILES string of the molecule is Cn1ccnc1CCN1CCCOC(CN2CCCCC2)C1. The van der Waals surface area contributed by atoms with Crippen LogP contribution in [0.5, 0.6) is 0 Å². The second-order valence-corrected chi connectivity index (χ2v) is 6.71. The van der Waals surface area contributed by atoms with Gasteiger partial charge in [-0.15, -0.1) is 0 Å². The number of imidazole rings is 1. The van der Waals surface area contributed by atoms with Crippen LogP contribution in [0, 0.1) is 0 Å². The summed E-state index contributed by atoms with van der Waals surface area (Å²) in [6.45, 7) is 7.85. The van der Waals surface area contributed by atoms with Crippen molar-refractivity contribution in [2.45, 2.75) is 38.2 Å². The molecule has 22 heavy (non-hydrogen) atoms. The van der Waals surface area contributed by atoms with Crippen molar-refractivity contribution in [2.75, 3.05) is 45.9 Å². The fourth-order valence-electron chi connectivity index (χ4n) is 3.61. The molecule has 5 heteroatoms. The maximum absolute atomic E-state index is 6.09. The van der Waals surface area contributed by atoms with Crippen LogP contribution < -0.4 is 0 Å². The van der Waals surface area contributed by atoms with Crippen LogP contribution >= 0.6 is 0 Å². The molecule has 1 atom stereocenters. The molecule has 1 unspecified atom stereocenters. The zero-order valence-corrected chi connectivity index (χ0v) is 13.9. The van der Waals surface area contributed by atoms with E-state index in [1.54, 1.807) is 0 Å². The number of nitrogens with zero attached hydrogens (tertiary/aromatic N) is 4. The van der Waals surface area contributed by atoms with Gasteiger partial charge in [-0.3, -0.25) is 0 Å². The van der Waals surface area contributed by atoms with Crippen LogP contribution in [0.25, 0.3) is 0 Å². The van der Waals surface area contributed by atoms with E-state index in [1.165, 1.54) is 38.2 Å². The van der Waals surface area contributed by atoms with Gasteiger partial charge in [0.05, 0.1) is 6.10 Å². The van der Waals surface area contributed by atoms with Gasteiger partial charge in [0.1, 0.15) is 5.82 Å². The molecule has 2 saturated heterocycles. The lowest BCUT2D eigenvalue weighted by Crippen LogP contribution is -2.42. The Bertz CT molecular complexity index is 442. The minimum atomic E-state index is 0.377. The van der Waals surface area contributed by atoms with Crippen LogP contribution in [0.1, 0.15) is 31.5 Å². The summed E-state index contributed by atoms with van der Waals surface area (Å²) >= 11 is 0. The van der Waals surface area contributed by atoms with Crippen LogP contribution in [0.4, 0.5) is 0 Å². The third-order valence-corrected chi connectivity index (χ3v) is 4.92. The first-order chi connectivity index (χ1) is 10.8. The van der Waals surface area contributed by atoms with Gasteiger partial charge in [0, 0.05) is 58.6 Å². The zero-order chi connectivity index (χ0) is 15.2. The highest BCUT2D eigenvalue weighted by atomic mass is 16.5. The summed E-state index contributed by atoms with van der Waals surface area (Å²) in [6, 6.07) is 0. The highest BCUT2D eigenvalue weighted by molar-refractivity contribution is 4.92. The molecule has 3 heterocycles. The van der Waals surface area contributed by atoms with E-state index in [4.69, 9.17) is 4.74 Å². The van der Waals surface area contributed by atoms with Crippen molar-refractivity contribution in [1.29, 1.82) is 0 Å². The number of piperidine rings is 1. The minimum Gasteiger partial charge on any atom is -0.376 e. The summed E-state index contributed by atoms with van der Waals surface area (Å²) in [7, 11) is 2.08. The molecule has 0 aliphatic carbocycles. The standard InChI is InChI=1S/C17H30N4O/c1-19-12-7-18-17(19)6-11-21-10-5-13-22-16(15-21)14-20-8-3-2-4-9-20/h7,12,16H,2-6,8-11,13-15H2,1H3. The van der Waals surface area contributed by atoms with Crippen molar-refractivity contribution in [2.24, 2.45) is 7.05 Å². The lowest BCUT2D eigenvalue weighted by Gasteiger charge is -2.31. The van der Waals surface area contributed by atoms with Crippen molar-refractivity contribution in [3.8, 4) is 0 Å². The van der Waals surface area contributed by atoms with Crippen LogP contribution in [-0.2, 0) is 18.2 Å². The Kier molecular flexibility index (Phi) is 5.87. The van der Waals surface area contributed by atoms with E-state index in [2.05, 4.69) is 26.4 Å². The molecule has 5 nitrogen and oxygen atoms in total. The highest BCUT2D eigenvalue weighted by Crippen LogP contribution is 2.13. The molecule has 1 aromatic rings. The number of ether oxygens (including phenoxy) is 1. The number of hydrogen-bond donors (Lipinski definition) is 0. The molecule has 0 spiro atoms. The maximum atomic E-state index is 6.09. The van der Waals surface area contributed by atoms with Gasteiger partial charge >= 0.3 is 0 Å². The van der Waals surface area contributed by atoms with Crippen LogP contribution in [0.15, 0.2) is 12.4 Å². The number of hydrogen-bond acceptors (Lipinski definition) is 4. The molecule has 3 rings (SSSR count). The van der Waals surface area contributed by atoms with E-state index in [9.17, 15) is 0 Å². The average Bonchev–Trinajstić information content (AvgIpc) is 2.81. The van der Waals surface area contributed by atoms with Gasteiger partial charge in [0.2, 0.25) is 0 Å². The second kappa shape index (κ2) is 8.09. The Balaban J connectivity index is 1.47. The van der Waals surface area contributed by atoms with Crippen molar-refractivity contribution < 1.29 is 4.74 Å². The average molecular weight is 306 g/mol. The van der Waals surface area contributed by atoms with Crippen molar-refractivity contribution >= 4 is 0 Å². The van der Waals surface area contributed by atoms with E-state index < -0.39 is 0 Å². The molecule has 124 valence electrons. The Hall–Kier alpha value is -0.910. The molecule has 2 aliphatic heterocycles. The normalized spacial score (nSPS) is 25.2. The summed E-state index contributed by atoms with van der Waals surface area (Å²) < 4.78 is 8.22. The van der Waals surface area contributed by atoms with Crippen LogP contribution in [0.2, 0.25) is 0 Å². The van der Waals surface area contributed by atoms with E-state index in [0.717, 1.165) is 45.6 Å². The van der Waals surface area contributed by atoms with Gasteiger partial charge in [-0.25, -0.2) is 4.98 Å². The maximum Gasteiger partial charge on any atom is 0.109 e. The number of aromatic nitrogens is 2. The Morgan fingerprint density at radius 2 is 1.95 bits per heavy atom. The van der Waals surface area contributed by atoms with Gasteiger partial charge in [-0.1, -0.05) is 6.42 Å². The lowest BCUT2D eigenvalue weighted by molar-refractivity contribution is 0.0225. The fourth-order valence-corrected chi connectivity index (χ4v) is 3.61. The second-order valence-electron chi connectivity index (χ2n) is 6.71. The van der Waals surface area contributed by atoms with Gasteiger partial charge in [0.25, 0.3) is 0 Å². The van der Waals surface area contributed by atoms with E-state index in [-0.39, 0.29) is 0 Å². The molecule has 2 fully saturated rings. The molecule has 0 radical (unpaired) electrons. The Labute approximate surface area is 134 Å². The molecular formula is C17H30N4O. The van der Waals surface area contributed by atoms with Gasteiger partial charge in [-0.05, 0) is 32.4 Å². The summed E-state index contributed by atoms with van der Waals surface area (Å²) in [5.74, 6) is 1.18. The van der Waals surface area contributed by atoms with Gasteiger partial charge in [0.15, 0.2) is 0 Å². The summed E-state index contributed by atoms with van der Waals surface area (Å²) in [4.78, 5) is 9.59. The molecule has 0 aromatic carbocycles. The first-order valence-electron chi connectivity index (χ1n) is 8.84. The molecule has 0 saturated carbocycles. The quantitative estimate of drug-likeness (QED) is 0.826. The third kappa shape index (κ3) is 4.54.